The number of carbonyl (C=O) groups excluding carboxylic acids is 2. The number of primary amides is 1. The lowest BCUT2D eigenvalue weighted by atomic mass is 10.1. The summed E-state index contributed by atoms with van der Waals surface area (Å²) < 4.78 is 10.8. The van der Waals surface area contributed by atoms with E-state index in [1.54, 1.807) is 38.5 Å². The lowest BCUT2D eigenvalue weighted by molar-refractivity contribution is -0.120. The van der Waals surface area contributed by atoms with Gasteiger partial charge in [-0.05, 0) is 44.3 Å². The van der Waals surface area contributed by atoms with Gasteiger partial charge in [-0.1, -0.05) is 12.1 Å². The van der Waals surface area contributed by atoms with Crippen molar-refractivity contribution in [2.24, 2.45) is 5.73 Å². The molecule has 7 nitrogen and oxygen atoms in total. The monoisotopic (exact) mass is 371 g/mol. The average molecular weight is 371 g/mol. The van der Waals surface area contributed by atoms with Crippen molar-refractivity contribution < 1.29 is 19.1 Å². The third kappa shape index (κ3) is 4.98. The van der Waals surface area contributed by atoms with Gasteiger partial charge < -0.3 is 20.5 Å². The molecule has 0 unspecified atom stereocenters. The van der Waals surface area contributed by atoms with Crippen LogP contribution in [0.4, 0.5) is 5.69 Å². The Kier molecular flexibility index (Phi) is 6.79. The van der Waals surface area contributed by atoms with Gasteiger partial charge in [0.25, 0.3) is 0 Å². The molecule has 0 aliphatic heterocycles. The van der Waals surface area contributed by atoms with Crippen molar-refractivity contribution in [3.05, 3.63) is 53.6 Å². The van der Waals surface area contributed by atoms with Gasteiger partial charge in [-0.25, -0.2) is 0 Å². The molecule has 0 aliphatic carbocycles. The van der Waals surface area contributed by atoms with E-state index in [0.717, 1.165) is 5.56 Å². The van der Waals surface area contributed by atoms with E-state index in [-0.39, 0.29) is 5.91 Å². The number of likely N-dealkylation sites (N-methyl/N-ethyl adjacent to an activating group) is 1. The Morgan fingerprint density at radius 2 is 1.78 bits per heavy atom. The van der Waals surface area contributed by atoms with Crippen molar-refractivity contribution in [3.63, 3.8) is 0 Å². The minimum atomic E-state index is -0.506. The maximum Gasteiger partial charge on any atom is 0.248 e. The second kappa shape index (κ2) is 9.05. The van der Waals surface area contributed by atoms with Crippen LogP contribution in [-0.4, -0.2) is 44.0 Å². The molecule has 0 saturated carbocycles. The van der Waals surface area contributed by atoms with Crippen LogP contribution in [0.2, 0.25) is 0 Å². The largest absolute Gasteiger partial charge is 0.493 e. The summed E-state index contributed by atoms with van der Waals surface area (Å²) in [7, 11) is 5.04. The van der Waals surface area contributed by atoms with Gasteiger partial charge in [0, 0.05) is 23.4 Å². The molecule has 27 heavy (non-hydrogen) atoms. The van der Waals surface area contributed by atoms with Crippen molar-refractivity contribution in [1.29, 1.82) is 0 Å². The van der Waals surface area contributed by atoms with Crippen molar-refractivity contribution in [2.75, 3.05) is 26.6 Å². The summed E-state index contributed by atoms with van der Waals surface area (Å²) in [5, 5.41) is 2.84. The Hall–Kier alpha value is -3.06. The number of hydrogen-bond acceptors (Lipinski definition) is 5. The van der Waals surface area contributed by atoms with E-state index < -0.39 is 11.9 Å². The molecule has 0 aliphatic rings. The zero-order chi connectivity index (χ0) is 20.0. The number of rotatable bonds is 8. The van der Waals surface area contributed by atoms with Crippen LogP contribution in [0.15, 0.2) is 42.5 Å². The first kappa shape index (κ1) is 20.3. The van der Waals surface area contributed by atoms with Crippen molar-refractivity contribution >= 4 is 17.5 Å². The van der Waals surface area contributed by atoms with E-state index in [9.17, 15) is 9.59 Å². The summed E-state index contributed by atoms with van der Waals surface area (Å²) >= 11 is 0. The number of nitrogens with zero attached hydrogens (tertiary/aromatic N) is 1. The van der Waals surface area contributed by atoms with Crippen LogP contribution in [0.3, 0.4) is 0 Å². The van der Waals surface area contributed by atoms with Crippen LogP contribution < -0.4 is 20.5 Å². The van der Waals surface area contributed by atoms with Gasteiger partial charge in [-0.2, -0.15) is 0 Å². The molecule has 0 saturated heterocycles. The number of nitrogens with one attached hydrogen (secondary N) is 1. The highest BCUT2D eigenvalue weighted by Crippen LogP contribution is 2.31. The first-order valence-electron chi connectivity index (χ1n) is 8.48. The minimum absolute atomic E-state index is 0.161. The number of para-hydroxylation sites is 1. The number of carbonyl (C=O) groups is 2. The summed E-state index contributed by atoms with van der Waals surface area (Å²) in [6, 6.07) is 11.7. The van der Waals surface area contributed by atoms with Gasteiger partial charge in [0.2, 0.25) is 11.8 Å². The number of anilines is 1. The summed E-state index contributed by atoms with van der Waals surface area (Å²) in [5.41, 5.74) is 7.13. The van der Waals surface area contributed by atoms with E-state index in [1.807, 2.05) is 37.1 Å². The van der Waals surface area contributed by atoms with Crippen molar-refractivity contribution in [2.45, 2.75) is 19.5 Å². The predicted octanol–water partition coefficient (Wildman–Crippen LogP) is 2.26. The fourth-order valence-electron chi connectivity index (χ4n) is 2.65. The van der Waals surface area contributed by atoms with Crippen LogP contribution in [0, 0.1) is 0 Å². The Balaban J connectivity index is 2.05. The van der Waals surface area contributed by atoms with Crippen molar-refractivity contribution in [3.8, 4) is 11.5 Å². The summed E-state index contributed by atoms with van der Waals surface area (Å²) in [4.78, 5) is 25.6. The molecule has 3 N–H and O–H groups in total. The van der Waals surface area contributed by atoms with Crippen LogP contribution >= 0.6 is 0 Å². The molecule has 0 heterocycles. The molecule has 0 bridgehead atoms. The maximum absolute atomic E-state index is 12.5. The Morgan fingerprint density at radius 1 is 1.11 bits per heavy atom. The zero-order valence-electron chi connectivity index (χ0n) is 16.0. The molecule has 0 radical (unpaired) electrons. The lowest BCUT2D eigenvalue weighted by Gasteiger charge is -2.25. The first-order valence-corrected chi connectivity index (χ1v) is 8.48. The third-order valence-corrected chi connectivity index (χ3v) is 4.38. The molecule has 0 spiro atoms. The highest BCUT2D eigenvalue weighted by molar-refractivity contribution is 5.96. The molecule has 144 valence electrons. The topological polar surface area (TPSA) is 93.9 Å². The lowest BCUT2D eigenvalue weighted by Crippen LogP contribution is -2.39. The highest BCUT2D eigenvalue weighted by atomic mass is 16.5. The number of amides is 2. The molecule has 7 heteroatoms. The number of ether oxygens (including phenoxy) is 2. The minimum Gasteiger partial charge on any atom is -0.493 e. The van der Waals surface area contributed by atoms with E-state index in [1.165, 1.54) is 0 Å². The molecule has 2 aromatic rings. The van der Waals surface area contributed by atoms with Crippen LogP contribution in [0.25, 0.3) is 0 Å². The Labute approximate surface area is 159 Å². The van der Waals surface area contributed by atoms with Crippen LogP contribution in [-0.2, 0) is 11.3 Å². The molecule has 0 fully saturated rings. The molecule has 1 atom stereocenters. The van der Waals surface area contributed by atoms with Crippen molar-refractivity contribution in [1.82, 2.24) is 4.90 Å². The second-order valence-electron chi connectivity index (χ2n) is 6.17. The predicted molar refractivity (Wildman–Crippen MR) is 104 cm³/mol. The summed E-state index contributed by atoms with van der Waals surface area (Å²) in [6.45, 7) is 2.33. The quantitative estimate of drug-likeness (QED) is 0.742. The molecule has 2 aromatic carbocycles. The highest BCUT2D eigenvalue weighted by Gasteiger charge is 2.20. The van der Waals surface area contributed by atoms with E-state index in [0.29, 0.717) is 29.3 Å². The van der Waals surface area contributed by atoms with Gasteiger partial charge in [0.15, 0.2) is 11.5 Å². The fraction of sp³-hybridized carbons (Fsp3) is 0.300. The van der Waals surface area contributed by atoms with Crippen LogP contribution in [0.1, 0.15) is 22.8 Å². The smallest absolute Gasteiger partial charge is 0.248 e. The van der Waals surface area contributed by atoms with E-state index in [2.05, 4.69) is 5.32 Å². The van der Waals surface area contributed by atoms with Gasteiger partial charge in [0.1, 0.15) is 0 Å². The number of methoxy groups -OCH3 is 2. The Morgan fingerprint density at radius 3 is 2.33 bits per heavy atom. The first-order chi connectivity index (χ1) is 12.9. The van der Waals surface area contributed by atoms with Gasteiger partial charge >= 0.3 is 0 Å². The Bertz CT molecular complexity index is 805. The maximum atomic E-state index is 12.5. The van der Waals surface area contributed by atoms with Gasteiger partial charge in [0.05, 0.1) is 20.3 Å². The zero-order valence-corrected chi connectivity index (χ0v) is 16.0. The summed E-state index contributed by atoms with van der Waals surface area (Å²) in [6.07, 6.45) is 0. The number of hydrogen-bond donors (Lipinski definition) is 2. The SMILES string of the molecule is COc1cccc(CN(C)[C@H](C)C(=O)Nc2ccc(C(N)=O)cc2)c1OC. The third-order valence-electron chi connectivity index (χ3n) is 4.38. The molecule has 2 amide bonds. The normalized spacial score (nSPS) is 11.7. The van der Waals surface area contributed by atoms with Gasteiger partial charge in [-0.3, -0.25) is 14.5 Å². The number of benzene rings is 2. The average Bonchev–Trinajstić information content (AvgIpc) is 2.67. The fourth-order valence-corrected chi connectivity index (χ4v) is 2.65. The molecule has 0 aromatic heterocycles. The molecular formula is C20H25N3O4. The van der Waals surface area contributed by atoms with Gasteiger partial charge in [-0.15, -0.1) is 0 Å². The van der Waals surface area contributed by atoms with E-state index in [4.69, 9.17) is 15.2 Å². The van der Waals surface area contributed by atoms with Crippen LogP contribution in [0.5, 0.6) is 11.5 Å². The standard InChI is InChI=1S/C20H25N3O4/c1-13(20(25)22-16-10-8-14(9-11-16)19(21)24)23(2)12-15-6-5-7-17(26-3)18(15)27-4/h5-11,13H,12H2,1-4H3,(H2,21,24)(H,22,25)/t13-/m1/s1. The summed E-state index contributed by atoms with van der Waals surface area (Å²) in [5.74, 6) is 0.635. The molecule has 2 rings (SSSR count). The second-order valence-corrected chi connectivity index (χ2v) is 6.17. The number of nitrogens with two attached hydrogens (primary N) is 1. The molecular weight excluding hydrogens is 346 g/mol. The van der Waals surface area contributed by atoms with E-state index >= 15 is 0 Å².